The van der Waals surface area contributed by atoms with Crippen LogP contribution in [0.15, 0.2) is 218 Å². The van der Waals surface area contributed by atoms with Crippen molar-refractivity contribution in [1.82, 2.24) is 0 Å². The minimum Gasteiger partial charge on any atom is -0.487 e. The quantitative estimate of drug-likeness (QED) is 0.128. The topological polar surface area (TPSA) is 55.4 Å². The van der Waals surface area contributed by atoms with Gasteiger partial charge in [0.15, 0.2) is 23.0 Å². The number of ether oxygens (including phenoxy) is 6. The molecule has 8 heteroatoms. The molecule has 1 aliphatic heterocycles. The van der Waals surface area contributed by atoms with Gasteiger partial charge in [-0.15, -0.1) is 0 Å². The van der Waals surface area contributed by atoms with Crippen LogP contribution in [0.4, 0.5) is 0 Å². The summed E-state index contributed by atoms with van der Waals surface area (Å²) in [4.78, 5) is 0. The number of rotatable bonds is 10. The van der Waals surface area contributed by atoms with Crippen LogP contribution in [0, 0.1) is 0 Å². The predicted molar refractivity (Wildman–Crippen MR) is 274 cm³/mol. The van der Waals surface area contributed by atoms with E-state index in [2.05, 4.69) is 218 Å². The molecule has 6 nitrogen and oxygen atoms in total. The van der Waals surface area contributed by atoms with Crippen LogP contribution in [0.25, 0.3) is 0 Å². The van der Waals surface area contributed by atoms with Gasteiger partial charge in [-0.2, -0.15) is 0 Å². The van der Waals surface area contributed by atoms with Crippen molar-refractivity contribution in [3.8, 4) is 23.0 Å². The molecule has 66 heavy (non-hydrogen) atoms. The lowest BCUT2D eigenvalue weighted by atomic mass is 10.2. The van der Waals surface area contributed by atoms with E-state index in [0.29, 0.717) is 75.9 Å². The van der Waals surface area contributed by atoms with E-state index in [9.17, 15) is 0 Å². The van der Waals surface area contributed by atoms with Gasteiger partial charge in [0.05, 0.1) is 38.8 Å². The highest BCUT2D eigenvalue weighted by Gasteiger charge is 2.47. The van der Waals surface area contributed by atoms with Gasteiger partial charge >= 0.3 is 0 Å². The molecule has 0 bridgehead atoms. The van der Waals surface area contributed by atoms with Crippen molar-refractivity contribution in [1.29, 1.82) is 0 Å². The molecule has 8 aromatic rings. The number of hydrogen-bond donors (Lipinski definition) is 0. The summed E-state index contributed by atoms with van der Waals surface area (Å²) in [6.07, 6.45) is 1.72. The molecule has 0 aliphatic carbocycles. The Kier molecular flexibility index (Phi) is 15.2. The smallest absolute Gasteiger partial charge is 0.165 e. The second kappa shape index (κ2) is 22.3. The standard InChI is InChI=1S/C58H56O6P2/c1-7-19-47(20-8-1)45-65(49-23-11-3-12-24-49,50-25-13-4-14-26-50)53-31-33-55-57(43-53)63-41-37-60-38-42-64-58-44-54(32-34-56(58)62-40-36-59-35-39-61-55)66(51-27-15-5-16-28-51,52-29-17-6-18-30-52)46-48-21-9-2-10-22-48/h1-34,43-44H,35-42,45-46H2/q+2. The fourth-order valence-electron chi connectivity index (χ4n) is 8.87. The van der Waals surface area contributed by atoms with Crippen LogP contribution >= 0.6 is 14.5 Å². The van der Waals surface area contributed by atoms with Crippen molar-refractivity contribution >= 4 is 46.4 Å². The van der Waals surface area contributed by atoms with Crippen LogP contribution in [-0.2, 0) is 21.8 Å². The largest absolute Gasteiger partial charge is 0.487 e. The van der Waals surface area contributed by atoms with Crippen LogP contribution < -0.4 is 50.8 Å². The van der Waals surface area contributed by atoms with E-state index in [-0.39, 0.29) is 0 Å². The first-order valence-corrected chi connectivity index (χ1v) is 26.7. The van der Waals surface area contributed by atoms with Crippen LogP contribution in [0.2, 0.25) is 0 Å². The average molecular weight is 911 g/mol. The van der Waals surface area contributed by atoms with Crippen molar-refractivity contribution in [2.45, 2.75) is 12.3 Å². The normalized spacial score (nSPS) is 14.1. The van der Waals surface area contributed by atoms with Gasteiger partial charge < -0.3 is 28.4 Å². The second-order valence-corrected chi connectivity index (χ2v) is 23.1. The maximum Gasteiger partial charge on any atom is 0.165 e. The molecule has 0 fully saturated rings. The molecule has 8 aromatic carbocycles. The van der Waals surface area contributed by atoms with Crippen LogP contribution in [0.3, 0.4) is 0 Å². The summed E-state index contributed by atoms with van der Waals surface area (Å²) in [6, 6.07) is 78.2. The third-order valence-electron chi connectivity index (χ3n) is 12.0. The Labute approximate surface area is 390 Å². The van der Waals surface area contributed by atoms with Gasteiger partial charge in [0, 0.05) is 12.1 Å². The molecule has 1 aliphatic rings. The van der Waals surface area contributed by atoms with Crippen LogP contribution in [0.1, 0.15) is 11.1 Å². The Hall–Kier alpha value is -6.26. The van der Waals surface area contributed by atoms with Crippen molar-refractivity contribution in [2.75, 3.05) is 52.9 Å². The van der Waals surface area contributed by atoms with E-state index in [0.717, 1.165) is 12.3 Å². The van der Waals surface area contributed by atoms with E-state index in [4.69, 9.17) is 28.4 Å². The number of hydrogen-bond acceptors (Lipinski definition) is 6. The fraction of sp³-hybridized carbons (Fsp3) is 0.172. The molecule has 0 aromatic heterocycles. The van der Waals surface area contributed by atoms with E-state index < -0.39 is 14.5 Å². The van der Waals surface area contributed by atoms with E-state index in [1.165, 1.54) is 43.0 Å². The molecule has 0 N–H and O–H groups in total. The monoisotopic (exact) mass is 910 g/mol. The fourth-order valence-corrected chi connectivity index (χ4v) is 17.3. The SMILES string of the molecule is c1ccc(C[P+](c2ccccc2)(c2ccccc2)c2ccc3c(c2)OCCOCCOc2cc([P+](Cc4ccccc4)(c4ccccc4)c4ccccc4)ccc2OCCOCCO3)cc1. The molecule has 0 saturated heterocycles. The Morgan fingerprint density at radius 2 is 0.530 bits per heavy atom. The molecule has 0 saturated carbocycles. The van der Waals surface area contributed by atoms with E-state index in [1.54, 1.807) is 0 Å². The zero-order chi connectivity index (χ0) is 44.7. The summed E-state index contributed by atoms with van der Waals surface area (Å²) in [6.45, 7) is 2.88. The van der Waals surface area contributed by atoms with Gasteiger partial charge in [0.25, 0.3) is 0 Å². The molecule has 0 spiro atoms. The summed E-state index contributed by atoms with van der Waals surface area (Å²) < 4.78 is 38.3. The van der Waals surface area contributed by atoms with Crippen molar-refractivity contribution in [3.63, 3.8) is 0 Å². The van der Waals surface area contributed by atoms with Gasteiger partial charge in [0.2, 0.25) is 0 Å². The molecule has 0 unspecified atom stereocenters. The summed E-state index contributed by atoms with van der Waals surface area (Å²) in [7, 11) is -4.46. The molecule has 9 rings (SSSR count). The lowest BCUT2D eigenvalue weighted by Crippen LogP contribution is -2.32. The van der Waals surface area contributed by atoms with Gasteiger partial charge in [0.1, 0.15) is 72.8 Å². The molecule has 1 heterocycles. The lowest BCUT2D eigenvalue weighted by molar-refractivity contribution is 0.0640. The maximum atomic E-state index is 6.60. The molecule has 332 valence electrons. The zero-order valence-electron chi connectivity index (χ0n) is 37.2. The lowest BCUT2D eigenvalue weighted by Gasteiger charge is -2.28. The summed E-state index contributed by atoms with van der Waals surface area (Å²) in [5.41, 5.74) is 2.57. The Morgan fingerprint density at radius 3 is 0.833 bits per heavy atom. The third-order valence-corrected chi connectivity index (χ3v) is 20.7. The van der Waals surface area contributed by atoms with Gasteiger partial charge in [-0.05, 0) is 83.9 Å². The summed E-state index contributed by atoms with van der Waals surface area (Å²) in [5.74, 6) is 2.70. The average Bonchev–Trinajstić information content (AvgIpc) is 3.38. The third kappa shape index (κ3) is 10.4. The predicted octanol–water partition coefficient (Wildman–Crippen LogP) is 9.94. The van der Waals surface area contributed by atoms with Crippen molar-refractivity contribution in [2.24, 2.45) is 0 Å². The van der Waals surface area contributed by atoms with Gasteiger partial charge in [-0.1, -0.05) is 133 Å². The molecule has 0 amide bonds. The molecule has 0 radical (unpaired) electrons. The van der Waals surface area contributed by atoms with E-state index >= 15 is 0 Å². The Morgan fingerprint density at radius 1 is 0.258 bits per heavy atom. The van der Waals surface area contributed by atoms with Crippen molar-refractivity contribution < 1.29 is 28.4 Å². The molecule has 0 atom stereocenters. The highest BCUT2D eigenvalue weighted by molar-refractivity contribution is 7.95. The minimum absolute atomic E-state index is 0.335. The summed E-state index contributed by atoms with van der Waals surface area (Å²) >= 11 is 0. The second-order valence-electron chi connectivity index (χ2n) is 16.1. The highest BCUT2D eigenvalue weighted by Crippen LogP contribution is 2.60. The number of benzene rings is 8. The Bertz CT molecular complexity index is 2440. The number of fused-ring (bicyclic) bond motifs is 2. The summed E-state index contributed by atoms with van der Waals surface area (Å²) in [5, 5.41) is 7.64. The maximum absolute atomic E-state index is 6.60. The molecular weight excluding hydrogens is 855 g/mol. The minimum atomic E-state index is -2.23. The van der Waals surface area contributed by atoms with E-state index in [1.807, 2.05) is 0 Å². The van der Waals surface area contributed by atoms with Crippen LogP contribution in [0.5, 0.6) is 23.0 Å². The Balaban J connectivity index is 0.986. The van der Waals surface area contributed by atoms with Gasteiger partial charge in [-0.3, -0.25) is 0 Å². The van der Waals surface area contributed by atoms with Gasteiger partial charge in [-0.25, -0.2) is 0 Å². The first kappa shape index (κ1) is 44.9. The zero-order valence-corrected chi connectivity index (χ0v) is 39.0. The highest BCUT2D eigenvalue weighted by atomic mass is 31.2. The first-order valence-electron chi connectivity index (χ1n) is 22.7. The van der Waals surface area contributed by atoms with Crippen molar-refractivity contribution in [3.05, 3.63) is 230 Å². The molecular formula is C58H56O6P2+2. The van der Waals surface area contributed by atoms with Crippen LogP contribution in [-0.4, -0.2) is 52.9 Å². The first-order chi connectivity index (χ1) is 32.7.